The standard InChI is InChI=1S/C11H21NO4S/c1-9(12)7-17(13,14)10-2-4-16-11(6-10)3-5-15-8-11/h9-10H,2-8,12H2,1H3. The molecule has 1 spiro atoms. The predicted molar refractivity (Wildman–Crippen MR) is 64.6 cm³/mol. The lowest BCUT2D eigenvalue weighted by Gasteiger charge is -2.36. The van der Waals surface area contributed by atoms with E-state index in [-0.39, 0.29) is 22.6 Å². The van der Waals surface area contributed by atoms with Crippen molar-refractivity contribution in [3.63, 3.8) is 0 Å². The summed E-state index contributed by atoms with van der Waals surface area (Å²) in [7, 11) is -3.11. The van der Waals surface area contributed by atoms with Crippen molar-refractivity contribution in [1.82, 2.24) is 0 Å². The van der Waals surface area contributed by atoms with E-state index in [0.29, 0.717) is 32.7 Å². The van der Waals surface area contributed by atoms with Gasteiger partial charge in [0.05, 0.1) is 23.2 Å². The fraction of sp³-hybridized carbons (Fsp3) is 1.00. The molecular weight excluding hydrogens is 242 g/mol. The van der Waals surface area contributed by atoms with Gasteiger partial charge in [0, 0.05) is 25.7 Å². The quantitative estimate of drug-likeness (QED) is 0.780. The Morgan fingerprint density at radius 2 is 2.24 bits per heavy atom. The average molecular weight is 263 g/mol. The minimum absolute atomic E-state index is 0.0641. The molecule has 0 aromatic carbocycles. The molecule has 0 aliphatic carbocycles. The van der Waals surface area contributed by atoms with Gasteiger partial charge < -0.3 is 15.2 Å². The third-order valence-electron chi connectivity index (χ3n) is 3.52. The maximum absolute atomic E-state index is 12.2. The van der Waals surface area contributed by atoms with E-state index in [0.717, 1.165) is 6.42 Å². The predicted octanol–water partition coefficient (Wildman–Crippen LogP) is 0.0865. The Labute approximate surface area is 103 Å². The van der Waals surface area contributed by atoms with Crippen LogP contribution in [0.15, 0.2) is 0 Å². The van der Waals surface area contributed by atoms with Gasteiger partial charge in [-0.15, -0.1) is 0 Å². The lowest BCUT2D eigenvalue weighted by molar-refractivity contribution is -0.0778. The molecule has 0 aromatic rings. The Morgan fingerprint density at radius 1 is 1.47 bits per heavy atom. The van der Waals surface area contributed by atoms with E-state index in [1.807, 2.05) is 0 Å². The zero-order valence-electron chi connectivity index (χ0n) is 10.2. The van der Waals surface area contributed by atoms with Crippen molar-refractivity contribution in [2.45, 2.75) is 43.1 Å². The van der Waals surface area contributed by atoms with Gasteiger partial charge >= 0.3 is 0 Å². The van der Waals surface area contributed by atoms with Crippen molar-refractivity contribution >= 4 is 9.84 Å². The first-order chi connectivity index (χ1) is 7.94. The summed E-state index contributed by atoms with van der Waals surface area (Å²) in [6.45, 7) is 3.43. The number of hydrogen-bond acceptors (Lipinski definition) is 5. The number of ether oxygens (including phenoxy) is 2. The van der Waals surface area contributed by atoms with Crippen molar-refractivity contribution in [2.24, 2.45) is 5.73 Å². The summed E-state index contributed by atoms with van der Waals surface area (Å²) in [5, 5.41) is -0.316. The molecule has 17 heavy (non-hydrogen) atoms. The molecule has 0 bridgehead atoms. The van der Waals surface area contributed by atoms with Crippen molar-refractivity contribution in [1.29, 1.82) is 0 Å². The van der Waals surface area contributed by atoms with Crippen LogP contribution >= 0.6 is 0 Å². The smallest absolute Gasteiger partial charge is 0.154 e. The minimum Gasteiger partial charge on any atom is -0.378 e. The van der Waals surface area contributed by atoms with E-state index in [1.54, 1.807) is 6.92 Å². The summed E-state index contributed by atoms with van der Waals surface area (Å²) in [6.07, 6.45) is 1.94. The highest BCUT2D eigenvalue weighted by atomic mass is 32.2. The Hall–Kier alpha value is -0.170. The highest BCUT2D eigenvalue weighted by Crippen LogP contribution is 2.35. The summed E-state index contributed by atoms with van der Waals surface area (Å²) in [5.74, 6) is 0.0641. The molecule has 2 aliphatic heterocycles. The molecule has 100 valence electrons. The molecule has 0 saturated carbocycles. The lowest BCUT2D eigenvalue weighted by Crippen LogP contribution is -2.46. The zero-order chi connectivity index (χ0) is 12.5. The fourth-order valence-electron chi connectivity index (χ4n) is 2.66. The van der Waals surface area contributed by atoms with E-state index in [1.165, 1.54) is 0 Å². The molecule has 2 heterocycles. The van der Waals surface area contributed by atoms with E-state index in [2.05, 4.69) is 0 Å². The monoisotopic (exact) mass is 263 g/mol. The van der Waals surface area contributed by atoms with Crippen molar-refractivity contribution < 1.29 is 17.9 Å². The van der Waals surface area contributed by atoms with Gasteiger partial charge in [0.25, 0.3) is 0 Å². The van der Waals surface area contributed by atoms with Crippen LogP contribution < -0.4 is 5.73 Å². The van der Waals surface area contributed by atoms with Gasteiger partial charge in [-0.05, 0) is 19.8 Å². The highest BCUT2D eigenvalue weighted by Gasteiger charge is 2.44. The van der Waals surface area contributed by atoms with E-state index in [4.69, 9.17) is 15.2 Å². The highest BCUT2D eigenvalue weighted by molar-refractivity contribution is 7.92. The minimum atomic E-state index is -3.11. The van der Waals surface area contributed by atoms with Crippen LogP contribution in [0.25, 0.3) is 0 Å². The van der Waals surface area contributed by atoms with Crippen LogP contribution in [-0.4, -0.2) is 50.9 Å². The van der Waals surface area contributed by atoms with Crippen LogP contribution in [-0.2, 0) is 19.3 Å². The molecule has 6 heteroatoms. The molecule has 0 amide bonds. The molecular formula is C11H21NO4S. The third-order valence-corrected chi connectivity index (χ3v) is 5.93. The summed E-state index contributed by atoms with van der Waals surface area (Å²) < 4.78 is 35.4. The second-order valence-electron chi connectivity index (χ2n) is 5.26. The molecule has 2 saturated heterocycles. The van der Waals surface area contributed by atoms with E-state index < -0.39 is 9.84 Å². The first kappa shape index (κ1) is 13.3. The number of hydrogen-bond donors (Lipinski definition) is 1. The van der Waals surface area contributed by atoms with Gasteiger partial charge in [0.2, 0.25) is 0 Å². The van der Waals surface area contributed by atoms with Gasteiger partial charge in [0.15, 0.2) is 9.84 Å². The molecule has 3 unspecified atom stereocenters. The largest absolute Gasteiger partial charge is 0.378 e. The summed E-state index contributed by atoms with van der Waals surface area (Å²) in [6, 6.07) is -0.307. The maximum Gasteiger partial charge on any atom is 0.154 e. The summed E-state index contributed by atoms with van der Waals surface area (Å²) in [5.41, 5.74) is 5.24. The maximum atomic E-state index is 12.2. The SMILES string of the molecule is CC(N)CS(=O)(=O)C1CCOC2(CCOC2)C1. The molecule has 2 fully saturated rings. The first-order valence-corrected chi connectivity index (χ1v) is 7.84. The lowest BCUT2D eigenvalue weighted by atomic mass is 9.93. The zero-order valence-corrected chi connectivity index (χ0v) is 11.0. The molecule has 3 atom stereocenters. The van der Waals surface area contributed by atoms with Crippen molar-refractivity contribution in [3.8, 4) is 0 Å². The van der Waals surface area contributed by atoms with Crippen LogP contribution in [0.1, 0.15) is 26.2 Å². The topological polar surface area (TPSA) is 78.6 Å². The Kier molecular flexibility index (Phi) is 3.77. The van der Waals surface area contributed by atoms with E-state index >= 15 is 0 Å². The van der Waals surface area contributed by atoms with Gasteiger partial charge in [0.1, 0.15) is 0 Å². The Balaban J connectivity index is 2.06. The summed E-state index contributed by atoms with van der Waals surface area (Å²) >= 11 is 0. The molecule has 5 nitrogen and oxygen atoms in total. The van der Waals surface area contributed by atoms with Crippen LogP contribution in [0.5, 0.6) is 0 Å². The second-order valence-corrected chi connectivity index (χ2v) is 7.58. The molecule has 0 aromatic heterocycles. The van der Waals surface area contributed by atoms with Gasteiger partial charge in [-0.2, -0.15) is 0 Å². The number of sulfone groups is 1. The van der Waals surface area contributed by atoms with Crippen LogP contribution in [0, 0.1) is 0 Å². The third kappa shape index (κ3) is 2.99. The fourth-order valence-corrected chi connectivity index (χ4v) is 4.67. The van der Waals surface area contributed by atoms with Gasteiger partial charge in [-0.25, -0.2) is 8.42 Å². The first-order valence-electron chi connectivity index (χ1n) is 6.12. The molecule has 2 N–H and O–H groups in total. The normalized spacial score (nSPS) is 36.2. The van der Waals surface area contributed by atoms with Crippen LogP contribution in [0.3, 0.4) is 0 Å². The number of nitrogens with two attached hydrogens (primary N) is 1. The van der Waals surface area contributed by atoms with Gasteiger partial charge in [-0.3, -0.25) is 0 Å². The Bertz CT molecular complexity index is 360. The Morgan fingerprint density at radius 3 is 2.82 bits per heavy atom. The number of rotatable bonds is 3. The van der Waals surface area contributed by atoms with Crippen LogP contribution in [0.2, 0.25) is 0 Å². The summed E-state index contributed by atoms with van der Waals surface area (Å²) in [4.78, 5) is 0. The van der Waals surface area contributed by atoms with Gasteiger partial charge in [-0.1, -0.05) is 0 Å². The molecule has 2 rings (SSSR count). The molecule has 0 radical (unpaired) electrons. The van der Waals surface area contributed by atoms with Crippen molar-refractivity contribution in [3.05, 3.63) is 0 Å². The van der Waals surface area contributed by atoms with Crippen LogP contribution in [0.4, 0.5) is 0 Å². The molecule has 2 aliphatic rings. The van der Waals surface area contributed by atoms with Crippen molar-refractivity contribution in [2.75, 3.05) is 25.6 Å². The van der Waals surface area contributed by atoms with E-state index in [9.17, 15) is 8.42 Å². The second kappa shape index (κ2) is 4.84. The average Bonchev–Trinajstić information content (AvgIpc) is 2.64.